The molecular weight excluding hydrogens is 486 g/mol. The van der Waals surface area contributed by atoms with Crippen molar-refractivity contribution in [3.63, 3.8) is 0 Å². The van der Waals surface area contributed by atoms with E-state index in [0.717, 1.165) is 0 Å². The standard InChI is InChI=1S/C37H40N3/c1-23(2)26-13-11-14-27(24(3)4)34(26)40-33-17-8-7-16-32(33)39(6)36(40)29-22-31-30(21-25(29)5)28-15-12-20-38-35(28)37(31)18-9-10-19-37/h7-8,11-17,20-24H,9-10,18-19H2,1-6H3/q+1. The molecule has 202 valence electrons. The van der Waals surface area contributed by atoms with Crippen molar-refractivity contribution in [1.29, 1.82) is 0 Å². The third-order valence-electron chi connectivity index (χ3n) is 9.71. The van der Waals surface area contributed by atoms with Gasteiger partial charge in [-0.05, 0) is 72.6 Å². The summed E-state index contributed by atoms with van der Waals surface area (Å²) in [6.45, 7) is 11.6. The highest BCUT2D eigenvalue weighted by atomic mass is 15.2. The largest absolute Gasteiger partial charge is 0.295 e. The fourth-order valence-electron chi connectivity index (χ4n) is 7.80. The van der Waals surface area contributed by atoms with Gasteiger partial charge in [-0.2, -0.15) is 4.57 Å². The third kappa shape index (κ3) is 3.43. The van der Waals surface area contributed by atoms with Crippen molar-refractivity contribution in [3.05, 3.63) is 101 Å². The Balaban J connectivity index is 1.59. The number of pyridine rings is 1. The van der Waals surface area contributed by atoms with Crippen LogP contribution in [0.3, 0.4) is 0 Å². The minimum atomic E-state index is 0.0444. The molecule has 1 saturated carbocycles. The molecule has 2 aliphatic rings. The van der Waals surface area contributed by atoms with Crippen LogP contribution in [0.25, 0.3) is 39.2 Å². The molecular formula is C37H40N3+. The lowest BCUT2D eigenvalue weighted by atomic mass is 9.78. The molecule has 40 heavy (non-hydrogen) atoms. The SMILES string of the molecule is Cc1cc2c(cc1-c1n(-c3c(C(C)C)cccc3C(C)C)c3ccccc3[n+]1C)C1(CCCC1)c1ncccc1-2. The van der Waals surface area contributed by atoms with Crippen LogP contribution >= 0.6 is 0 Å². The molecule has 1 spiro atoms. The Hall–Kier alpha value is -3.72. The molecule has 2 aliphatic carbocycles. The molecule has 0 saturated heterocycles. The number of nitrogens with zero attached hydrogens (tertiary/aromatic N) is 3. The number of aromatic nitrogens is 3. The second-order valence-electron chi connectivity index (χ2n) is 12.7. The lowest BCUT2D eigenvalue weighted by molar-refractivity contribution is -0.633. The fourth-order valence-corrected chi connectivity index (χ4v) is 7.80. The first kappa shape index (κ1) is 25.3. The van der Waals surface area contributed by atoms with Gasteiger partial charge in [0.1, 0.15) is 5.69 Å². The van der Waals surface area contributed by atoms with E-state index in [1.807, 2.05) is 6.20 Å². The van der Waals surface area contributed by atoms with Crippen LogP contribution in [-0.4, -0.2) is 9.55 Å². The summed E-state index contributed by atoms with van der Waals surface area (Å²) < 4.78 is 5.00. The highest BCUT2D eigenvalue weighted by molar-refractivity contribution is 5.86. The van der Waals surface area contributed by atoms with Crippen LogP contribution < -0.4 is 4.57 Å². The van der Waals surface area contributed by atoms with Gasteiger partial charge in [-0.25, -0.2) is 4.57 Å². The van der Waals surface area contributed by atoms with E-state index in [9.17, 15) is 0 Å². The predicted molar refractivity (Wildman–Crippen MR) is 165 cm³/mol. The Morgan fingerprint density at radius 2 is 1.50 bits per heavy atom. The van der Waals surface area contributed by atoms with Crippen molar-refractivity contribution in [2.45, 2.75) is 77.6 Å². The first-order chi connectivity index (χ1) is 19.3. The topological polar surface area (TPSA) is 21.7 Å². The van der Waals surface area contributed by atoms with Gasteiger partial charge in [-0.15, -0.1) is 0 Å². The number of rotatable bonds is 4. The lowest BCUT2D eigenvalue weighted by Crippen LogP contribution is -2.31. The summed E-state index contributed by atoms with van der Waals surface area (Å²) in [4.78, 5) is 5.01. The molecule has 0 bridgehead atoms. The maximum Gasteiger partial charge on any atom is 0.295 e. The molecule has 3 aromatic carbocycles. The Kier molecular flexibility index (Phi) is 5.78. The van der Waals surface area contributed by atoms with Crippen molar-refractivity contribution in [2.75, 3.05) is 0 Å². The van der Waals surface area contributed by atoms with Gasteiger partial charge in [-0.1, -0.05) is 83.0 Å². The van der Waals surface area contributed by atoms with E-state index in [1.165, 1.54) is 92.9 Å². The van der Waals surface area contributed by atoms with E-state index in [1.54, 1.807) is 0 Å². The monoisotopic (exact) mass is 526 g/mol. The normalized spacial score (nSPS) is 15.5. The number of hydrogen-bond donors (Lipinski definition) is 0. The number of imidazole rings is 1. The molecule has 0 atom stereocenters. The molecule has 5 aromatic rings. The number of aryl methyl sites for hydroxylation is 2. The zero-order valence-electron chi connectivity index (χ0n) is 24.8. The molecule has 3 heteroatoms. The number of fused-ring (bicyclic) bond motifs is 6. The lowest BCUT2D eigenvalue weighted by Gasteiger charge is -2.26. The molecule has 3 nitrogen and oxygen atoms in total. The maximum absolute atomic E-state index is 5.01. The van der Waals surface area contributed by atoms with Crippen LogP contribution in [0, 0.1) is 6.92 Å². The summed E-state index contributed by atoms with van der Waals surface area (Å²) >= 11 is 0. The third-order valence-corrected chi connectivity index (χ3v) is 9.71. The Morgan fingerprint density at radius 3 is 2.20 bits per heavy atom. The smallest absolute Gasteiger partial charge is 0.260 e. The van der Waals surface area contributed by atoms with Crippen LogP contribution in [0.1, 0.15) is 93.2 Å². The average molecular weight is 527 g/mol. The van der Waals surface area contributed by atoms with Crippen molar-refractivity contribution in [3.8, 4) is 28.2 Å². The fraction of sp³-hybridized carbons (Fsp3) is 0.351. The van der Waals surface area contributed by atoms with Gasteiger partial charge >= 0.3 is 0 Å². The van der Waals surface area contributed by atoms with Gasteiger partial charge in [0.25, 0.3) is 5.82 Å². The van der Waals surface area contributed by atoms with E-state index in [-0.39, 0.29) is 5.41 Å². The minimum absolute atomic E-state index is 0.0444. The second kappa shape index (κ2) is 9.16. The van der Waals surface area contributed by atoms with E-state index in [4.69, 9.17) is 4.98 Å². The van der Waals surface area contributed by atoms with Crippen molar-refractivity contribution < 1.29 is 4.57 Å². The molecule has 2 heterocycles. The van der Waals surface area contributed by atoms with Crippen LogP contribution in [0.15, 0.2) is 72.9 Å². The summed E-state index contributed by atoms with van der Waals surface area (Å²) in [6.07, 6.45) is 6.91. The molecule has 0 aliphatic heterocycles. The number of benzene rings is 3. The molecule has 0 radical (unpaired) electrons. The first-order valence-electron chi connectivity index (χ1n) is 15.1. The summed E-state index contributed by atoms with van der Waals surface area (Å²) in [6, 6.07) is 25.2. The van der Waals surface area contributed by atoms with E-state index in [2.05, 4.69) is 118 Å². The maximum atomic E-state index is 5.01. The molecule has 7 rings (SSSR count). The van der Waals surface area contributed by atoms with Gasteiger partial charge in [0.05, 0.1) is 18.3 Å². The quantitative estimate of drug-likeness (QED) is 0.214. The minimum Gasteiger partial charge on any atom is -0.260 e. The highest BCUT2D eigenvalue weighted by Crippen LogP contribution is 2.57. The zero-order valence-corrected chi connectivity index (χ0v) is 24.8. The number of para-hydroxylation sites is 3. The Labute approximate surface area is 238 Å². The van der Waals surface area contributed by atoms with E-state index < -0.39 is 0 Å². The summed E-state index contributed by atoms with van der Waals surface area (Å²) in [5, 5.41) is 0. The van der Waals surface area contributed by atoms with Gasteiger partial charge in [-0.3, -0.25) is 4.98 Å². The Bertz CT molecular complexity index is 1750. The summed E-state index contributed by atoms with van der Waals surface area (Å²) in [5.74, 6) is 2.08. The van der Waals surface area contributed by atoms with Gasteiger partial charge in [0.2, 0.25) is 0 Å². The molecule has 0 N–H and O–H groups in total. The van der Waals surface area contributed by atoms with Crippen LogP contribution in [0.5, 0.6) is 0 Å². The summed E-state index contributed by atoms with van der Waals surface area (Å²) in [7, 11) is 2.25. The molecule has 0 unspecified atom stereocenters. The molecule has 0 amide bonds. The van der Waals surface area contributed by atoms with E-state index in [0.29, 0.717) is 11.8 Å². The second-order valence-corrected chi connectivity index (χ2v) is 12.7. The number of hydrogen-bond acceptors (Lipinski definition) is 1. The van der Waals surface area contributed by atoms with Crippen molar-refractivity contribution >= 4 is 11.0 Å². The van der Waals surface area contributed by atoms with Crippen molar-refractivity contribution in [2.24, 2.45) is 7.05 Å². The zero-order chi connectivity index (χ0) is 27.8. The van der Waals surface area contributed by atoms with Crippen LogP contribution in [0.2, 0.25) is 0 Å². The molecule has 1 fully saturated rings. The predicted octanol–water partition coefficient (Wildman–Crippen LogP) is 8.91. The van der Waals surface area contributed by atoms with Crippen molar-refractivity contribution in [1.82, 2.24) is 9.55 Å². The molecule has 2 aromatic heterocycles. The van der Waals surface area contributed by atoms with E-state index >= 15 is 0 Å². The first-order valence-corrected chi connectivity index (χ1v) is 15.1. The Morgan fingerprint density at radius 1 is 0.800 bits per heavy atom. The van der Waals surface area contributed by atoms with Gasteiger partial charge in [0.15, 0.2) is 11.0 Å². The van der Waals surface area contributed by atoms with Gasteiger partial charge in [0, 0.05) is 28.3 Å². The van der Waals surface area contributed by atoms with Crippen LogP contribution in [0.4, 0.5) is 0 Å². The highest BCUT2D eigenvalue weighted by Gasteiger charge is 2.47. The van der Waals surface area contributed by atoms with Gasteiger partial charge < -0.3 is 0 Å². The average Bonchev–Trinajstić information content (AvgIpc) is 3.63. The van der Waals surface area contributed by atoms with Crippen LogP contribution in [-0.2, 0) is 12.5 Å². The summed E-state index contributed by atoms with van der Waals surface area (Å²) in [5.41, 5.74) is 14.9.